The number of aromatic carboxylic acids is 1. The second-order valence-electron chi connectivity index (χ2n) is 4.30. The number of carboxylic acid groups (broad SMARTS) is 1. The van der Waals surface area contributed by atoms with Crippen LogP contribution in [0.1, 0.15) is 15.9 Å². The maximum Gasteiger partial charge on any atom is 0.412 e. The quantitative estimate of drug-likeness (QED) is 0.742. The molecule has 2 aromatic rings. The molecule has 2 N–H and O–H groups in total. The van der Waals surface area contributed by atoms with Crippen LogP contribution in [0.25, 0.3) is 0 Å². The molecule has 1 amide bonds. The van der Waals surface area contributed by atoms with Crippen LogP contribution in [0.5, 0.6) is 0 Å². The van der Waals surface area contributed by atoms with Crippen molar-refractivity contribution in [1.29, 1.82) is 0 Å². The molecule has 2 rings (SSSR count). The van der Waals surface area contributed by atoms with Crippen LogP contribution >= 0.6 is 31.9 Å². The van der Waals surface area contributed by atoms with E-state index >= 15 is 0 Å². The molecule has 7 heteroatoms. The van der Waals surface area contributed by atoms with Gasteiger partial charge in [0, 0.05) is 8.95 Å². The molecule has 0 aliphatic heterocycles. The minimum atomic E-state index is -1.15. The Morgan fingerprint density at radius 2 is 1.82 bits per heavy atom. The summed E-state index contributed by atoms with van der Waals surface area (Å²) in [5.41, 5.74) is 0.942. The van der Waals surface area contributed by atoms with E-state index in [-0.39, 0.29) is 17.9 Å². The highest BCUT2D eigenvalue weighted by Crippen LogP contribution is 2.31. The van der Waals surface area contributed by atoms with E-state index in [1.165, 1.54) is 6.07 Å². The van der Waals surface area contributed by atoms with Gasteiger partial charge < -0.3 is 9.84 Å². The van der Waals surface area contributed by atoms with E-state index in [4.69, 9.17) is 4.74 Å². The van der Waals surface area contributed by atoms with E-state index in [1.54, 1.807) is 6.07 Å². The first-order valence-corrected chi connectivity index (χ1v) is 7.76. The minimum absolute atomic E-state index is 0.0436. The van der Waals surface area contributed by atoms with Gasteiger partial charge in [-0.05, 0) is 33.6 Å². The number of nitrogens with one attached hydrogen (secondary N) is 1. The highest BCUT2D eigenvalue weighted by atomic mass is 79.9. The van der Waals surface area contributed by atoms with Crippen LogP contribution in [0.3, 0.4) is 0 Å². The van der Waals surface area contributed by atoms with Gasteiger partial charge in [-0.25, -0.2) is 9.59 Å². The third-order valence-corrected chi connectivity index (χ3v) is 3.81. The Kier molecular flexibility index (Phi) is 5.57. The molecule has 0 atom stereocenters. The summed E-state index contributed by atoms with van der Waals surface area (Å²) in [5.74, 6) is -1.15. The van der Waals surface area contributed by atoms with Crippen LogP contribution < -0.4 is 5.32 Å². The molecule has 0 fully saturated rings. The molecular weight excluding hydrogens is 418 g/mol. The lowest BCUT2D eigenvalue weighted by molar-refractivity contribution is 0.0698. The summed E-state index contributed by atoms with van der Waals surface area (Å²) >= 11 is 6.43. The highest BCUT2D eigenvalue weighted by molar-refractivity contribution is 9.11. The molecule has 0 saturated carbocycles. The lowest BCUT2D eigenvalue weighted by Crippen LogP contribution is -2.16. The summed E-state index contributed by atoms with van der Waals surface area (Å²) in [7, 11) is 0. The van der Waals surface area contributed by atoms with Gasteiger partial charge in [-0.15, -0.1) is 0 Å². The number of carbonyl (C=O) groups is 2. The number of ether oxygens (including phenoxy) is 1. The third-order valence-electron chi connectivity index (χ3n) is 2.73. The number of halogens is 2. The average Bonchev–Trinajstić information content (AvgIpc) is 2.48. The lowest BCUT2D eigenvalue weighted by atomic mass is 10.2. The number of carbonyl (C=O) groups excluding carboxylic acids is 1. The number of hydrogen-bond acceptors (Lipinski definition) is 3. The molecule has 0 radical (unpaired) electrons. The molecule has 0 unspecified atom stereocenters. The zero-order chi connectivity index (χ0) is 16.1. The van der Waals surface area contributed by atoms with Gasteiger partial charge in [-0.2, -0.15) is 0 Å². The fourth-order valence-corrected chi connectivity index (χ4v) is 3.05. The third kappa shape index (κ3) is 4.32. The number of hydrogen-bond donors (Lipinski definition) is 2. The monoisotopic (exact) mass is 427 g/mol. The van der Waals surface area contributed by atoms with Crippen LogP contribution in [-0.2, 0) is 11.3 Å². The molecular formula is C15H11Br2NO4. The standard InChI is InChI=1S/C15H11Br2NO4/c16-10-6-11(14(19)20)13(12(17)7-10)18-15(21)22-8-9-4-2-1-3-5-9/h1-7H,8H2,(H,18,21)(H,19,20). The maximum absolute atomic E-state index is 11.8. The molecule has 114 valence electrons. The number of rotatable bonds is 4. The largest absolute Gasteiger partial charge is 0.478 e. The van der Waals surface area contributed by atoms with Crippen molar-refractivity contribution < 1.29 is 19.4 Å². The van der Waals surface area contributed by atoms with Gasteiger partial charge in [0.25, 0.3) is 0 Å². The zero-order valence-corrected chi connectivity index (χ0v) is 14.3. The van der Waals surface area contributed by atoms with E-state index in [1.807, 2.05) is 30.3 Å². The van der Waals surface area contributed by atoms with E-state index in [0.29, 0.717) is 8.95 Å². The SMILES string of the molecule is O=C(Nc1c(Br)cc(Br)cc1C(=O)O)OCc1ccccc1. The van der Waals surface area contributed by atoms with Crippen molar-refractivity contribution in [3.05, 3.63) is 62.5 Å². The van der Waals surface area contributed by atoms with E-state index < -0.39 is 12.1 Å². The van der Waals surface area contributed by atoms with Crippen molar-refractivity contribution in [2.45, 2.75) is 6.61 Å². The fourth-order valence-electron chi connectivity index (χ4n) is 1.73. The molecule has 5 nitrogen and oxygen atoms in total. The van der Waals surface area contributed by atoms with Crippen LogP contribution in [0.2, 0.25) is 0 Å². The Morgan fingerprint density at radius 3 is 2.45 bits per heavy atom. The zero-order valence-electron chi connectivity index (χ0n) is 11.2. The molecule has 22 heavy (non-hydrogen) atoms. The number of amides is 1. The summed E-state index contributed by atoms with van der Waals surface area (Å²) in [5, 5.41) is 11.6. The Balaban J connectivity index is 2.10. The number of anilines is 1. The van der Waals surface area contributed by atoms with Crippen LogP contribution in [-0.4, -0.2) is 17.2 Å². The maximum atomic E-state index is 11.8. The molecule has 2 aromatic carbocycles. The van der Waals surface area contributed by atoms with Crippen molar-refractivity contribution >= 4 is 49.6 Å². The van der Waals surface area contributed by atoms with Crippen molar-refractivity contribution in [1.82, 2.24) is 0 Å². The highest BCUT2D eigenvalue weighted by Gasteiger charge is 2.17. The van der Waals surface area contributed by atoms with Crippen LogP contribution in [0.15, 0.2) is 51.4 Å². The minimum Gasteiger partial charge on any atom is -0.478 e. The van der Waals surface area contributed by atoms with Gasteiger partial charge in [-0.3, -0.25) is 5.32 Å². The lowest BCUT2D eigenvalue weighted by Gasteiger charge is -2.12. The molecule has 0 aromatic heterocycles. The summed E-state index contributed by atoms with van der Waals surface area (Å²) < 4.78 is 6.10. The summed E-state index contributed by atoms with van der Waals surface area (Å²) in [4.78, 5) is 23.1. The Morgan fingerprint density at radius 1 is 1.14 bits per heavy atom. The first-order chi connectivity index (χ1) is 10.5. The molecule has 0 spiro atoms. The molecule has 0 aliphatic rings. The number of carboxylic acids is 1. The molecule has 0 bridgehead atoms. The predicted octanol–water partition coefficient (Wildman–Crippen LogP) is 4.66. The molecule has 0 heterocycles. The Hall–Kier alpha value is -1.86. The topological polar surface area (TPSA) is 75.6 Å². The van der Waals surface area contributed by atoms with Crippen molar-refractivity contribution in [3.63, 3.8) is 0 Å². The van der Waals surface area contributed by atoms with Gasteiger partial charge in [0.2, 0.25) is 0 Å². The molecule has 0 aliphatic carbocycles. The summed E-state index contributed by atoms with van der Waals surface area (Å²) in [6.45, 7) is 0.100. The van der Waals surface area contributed by atoms with Gasteiger partial charge in [0.15, 0.2) is 0 Å². The second kappa shape index (κ2) is 7.42. The second-order valence-corrected chi connectivity index (χ2v) is 6.07. The summed E-state index contributed by atoms with van der Waals surface area (Å²) in [6.07, 6.45) is -0.727. The fraction of sp³-hybridized carbons (Fsp3) is 0.0667. The summed E-state index contributed by atoms with van der Waals surface area (Å²) in [6, 6.07) is 12.2. The van der Waals surface area contributed by atoms with Crippen molar-refractivity contribution in [2.75, 3.05) is 5.32 Å². The van der Waals surface area contributed by atoms with Crippen LogP contribution in [0, 0.1) is 0 Å². The van der Waals surface area contributed by atoms with Gasteiger partial charge in [0.1, 0.15) is 6.61 Å². The van der Waals surface area contributed by atoms with E-state index in [2.05, 4.69) is 37.2 Å². The van der Waals surface area contributed by atoms with E-state index in [0.717, 1.165) is 5.56 Å². The molecule has 0 saturated heterocycles. The van der Waals surface area contributed by atoms with Crippen LogP contribution in [0.4, 0.5) is 10.5 Å². The smallest absolute Gasteiger partial charge is 0.412 e. The van der Waals surface area contributed by atoms with Gasteiger partial charge in [0.05, 0.1) is 11.3 Å². The number of benzene rings is 2. The van der Waals surface area contributed by atoms with Gasteiger partial charge >= 0.3 is 12.1 Å². The van der Waals surface area contributed by atoms with Gasteiger partial charge in [-0.1, -0.05) is 46.3 Å². The first-order valence-electron chi connectivity index (χ1n) is 6.17. The normalized spacial score (nSPS) is 10.1. The average molecular weight is 429 g/mol. The Labute approximate surface area is 143 Å². The first kappa shape index (κ1) is 16.5. The predicted molar refractivity (Wildman–Crippen MR) is 89.1 cm³/mol. The van der Waals surface area contributed by atoms with Crippen molar-refractivity contribution in [3.8, 4) is 0 Å². The van der Waals surface area contributed by atoms with Crippen molar-refractivity contribution in [2.24, 2.45) is 0 Å². The van der Waals surface area contributed by atoms with E-state index in [9.17, 15) is 14.7 Å². The Bertz CT molecular complexity index is 704.